The molecule has 1 aliphatic heterocycles. The largest absolute Gasteiger partial charge is 0.310 e. The number of anilines is 3. The van der Waals surface area contributed by atoms with E-state index >= 15 is 0 Å². The number of nitrogens with zero attached hydrogens (tertiary/aromatic N) is 2. The molecule has 0 saturated heterocycles. The van der Waals surface area contributed by atoms with E-state index in [1.165, 1.54) is 50.3 Å². The van der Waals surface area contributed by atoms with Crippen LogP contribution < -0.4 is 4.90 Å². The first-order valence-corrected chi connectivity index (χ1v) is 17.2. The van der Waals surface area contributed by atoms with Crippen molar-refractivity contribution < 1.29 is 0 Å². The molecule has 2 aliphatic rings. The Hall–Kier alpha value is -6.51. The Labute approximate surface area is 292 Å². The van der Waals surface area contributed by atoms with Crippen molar-refractivity contribution >= 4 is 17.1 Å². The quantitative estimate of drug-likeness (QED) is 0.191. The number of pyridine rings is 1. The summed E-state index contributed by atoms with van der Waals surface area (Å²) in [6.07, 6.45) is 0. The highest BCUT2D eigenvalue weighted by Gasteiger charge is 2.52. The monoisotopic (exact) mass is 636 g/mol. The summed E-state index contributed by atoms with van der Waals surface area (Å²) in [6.45, 7) is 0. The fourth-order valence-corrected chi connectivity index (χ4v) is 8.45. The minimum atomic E-state index is -0.502. The molecule has 2 heteroatoms. The number of hydrogen-bond donors (Lipinski definition) is 0. The fourth-order valence-electron chi connectivity index (χ4n) is 8.45. The second-order valence-electron chi connectivity index (χ2n) is 13.1. The predicted octanol–water partition coefficient (Wildman–Crippen LogP) is 12.2. The fraction of sp³-hybridized carbons (Fsp3) is 0.0208. The molecule has 8 aromatic rings. The molecular weight excluding hydrogens is 605 g/mol. The van der Waals surface area contributed by atoms with Crippen LogP contribution in [0.2, 0.25) is 0 Å². The van der Waals surface area contributed by atoms with Crippen LogP contribution >= 0.6 is 0 Å². The van der Waals surface area contributed by atoms with Gasteiger partial charge in [-0.05, 0) is 80.9 Å². The summed E-state index contributed by atoms with van der Waals surface area (Å²) in [5.41, 5.74) is 17.3. The molecular formula is C48H32N2. The van der Waals surface area contributed by atoms with Crippen molar-refractivity contribution in [2.24, 2.45) is 0 Å². The van der Waals surface area contributed by atoms with Crippen LogP contribution in [0.4, 0.5) is 17.1 Å². The maximum Gasteiger partial charge on any atom is 0.0754 e. The number of fused-ring (bicyclic) bond motifs is 9. The van der Waals surface area contributed by atoms with Crippen molar-refractivity contribution in [1.29, 1.82) is 0 Å². The van der Waals surface area contributed by atoms with Crippen LogP contribution in [0.25, 0.3) is 44.8 Å². The lowest BCUT2D eigenvalue weighted by Crippen LogP contribution is -2.36. The first-order chi connectivity index (χ1) is 24.8. The zero-order chi connectivity index (χ0) is 33.1. The zero-order valence-corrected chi connectivity index (χ0v) is 27.4. The van der Waals surface area contributed by atoms with Gasteiger partial charge in [-0.15, -0.1) is 0 Å². The highest BCUT2D eigenvalue weighted by molar-refractivity contribution is 6.00. The molecule has 50 heavy (non-hydrogen) atoms. The van der Waals surface area contributed by atoms with Crippen LogP contribution in [-0.2, 0) is 5.41 Å². The van der Waals surface area contributed by atoms with E-state index in [2.05, 4.69) is 199 Å². The van der Waals surface area contributed by atoms with Crippen molar-refractivity contribution in [3.63, 3.8) is 0 Å². The molecule has 0 radical (unpaired) electrons. The molecule has 0 fully saturated rings. The summed E-state index contributed by atoms with van der Waals surface area (Å²) in [5.74, 6) is 0. The molecule has 2 nitrogen and oxygen atoms in total. The molecule has 1 aliphatic carbocycles. The molecule has 234 valence electrons. The van der Waals surface area contributed by atoms with E-state index in [-0.39, 0.29) is 0 Å². The standard InChI is InChI=1S/C48H32N2/c1-4-17-33(18-5-1)43-31-35(32-44(49-43)34-19-6-2-7-20-34)37-24-16-28-42-47(37)38-23-10-11-25-39(38)48(42)40-26-12-14-29-45(40)50(36-21-8-3-9-22-36)46-30-15-13-27-41(46)48/h1-32H. The Morgan fingerprint density at radius 1 is 0.360 bits per heavy atom. The van der Waals surface area contributed by atoms with Gasteiger partial charge >= 0.3 is 0 Å². The van der Waals surface area contributed by atoms with Crippen molar-refractivity contribution in [2.45, 2.75) is 5.41 Å². The third-order valence-corrected chi connectivity index (χ3v) is 10.5. The second-order valence-corrected chi connectivity index (χ2v) is 13.1. The molecule has 1 aromatic heterocycles. The molecule has 10 rings (SSSR count). The van der Waals surface area contributed by atoms with Crippen molar-refractivity contribution in [3.05, 3.63) is 216 Å². The normalized spacial score (nSPS) is 13.3. The van der Waals surface area contributed by atoms with Gasteiger partial charge in [0.25, 0.3) is 0 Å². The SMILES string of the molecule is c1ccc(-c2cc(-c3cccc4c3-c3ccccc3C43c4ccccc4N(c4ccccc4)c4ccccc43)cc(-c3ccccc3)n2)cc1. The van der Waals surface area contributed by atoms with Crippen molar-refractivity contribution in [3.8, 4) is 44.8 Å². The van der Waals surface area contributed by atoms with Crippen molar-refractivity contribution in [1.82, 2.24) is 4.98 Å². The van der Waals surface area contributed by atoms with Crippen molar-refractivity contribution in [2.75, 3.05) is 4.90 Å². The van der Waals surface area contributed by atoms with E-state index in [4.69, 9.17) is 4.98 Å². The van der Waals surface area contributed by atoms with E-state index in [0.29, 0.717) is 0 Å². The van der Waals surface area contributed by atoms with Gasteiger partial charge in [0.05, 0.1) is 28.2 Å². The van der Waals surface area contributed by atoms with Crippen LogP contribution in [0, 0.1) is 0 Å². The average molecular weight is 637 g/mol. The Morgan fingerprint density at radius 3 is 1.42 bits per heavy atom. The molecule has 0 amide bonds. The number of aromatic nitrogens is 1. The van der Waals surface area contributed by atoms with E-state index in [1.54, 1.807) is 0 Å². The van der Waals surface area contributed by atoms with Crippen LogP contribution in [0.15, 0.2) is 194 Å². The summed E-state index contributed by atoms with van der Waals surface area (Å²) in [7, 11) is 0. The average Bonchev–Trinajstić information content (AvgIpc) is 3.50. The lowest BCUT2D eigenvalue weighted by molar-refractivity contribution is 0.753. The van der Waals surface area contributed by atoms with Gasteiger partial charge in [0.15, 0.2) is 0 Å². The number of benzene rings is 7. The molecule has 2 heterocycles. The third kappa shape index (κ3) is 4.12. The molecule has 0 saturated carbocycles. The molecule has 7 aromatic carbocycles. The first-order valence-electron chi connectivity index (χ1n) is 17.2. The van der Waals surface area contributed by atoms with Gasteiger partial charge < -0.3 is 4.90 Å². The van der Waals surface area contributed by atoms with Gasteiger partial charge in [0.1, 0.15) is 0 Å². The molecule has 1 spiro atoms. The van der Waals surface area contributed by atoms with Crippen LogP contribution in [0.3, 0.4) is 0 Å². The second kappa shape index (κ2) is 11.3. The number of para-hydroxylation sites is 3. The maximum absolute atomic E-state index is 5.21. The summed E-state index contributed by atoms with van der Waals surface area (Å²) < 4.78 is 0. The molecule has 0 N–H and O–H groups in total. The van der Waals surface area contributed by atoms with E-state index < -0.39 is 5.41 Å². The minimum Gasteiger partial charge on any atom is -0.310 e. The van der Waals surface area contributed by atoms with E-state index in [0.717, 1.165) is 33.8 Å². The van der Waals surface area contributed by atoms with Crippen LogP contribution in [-0.4, -0.2) is 4.98 Å². The molecule has 0 unspecified atom stereocenters. The third-order valence-electron chi connectivity index (χ3n) is 10.5. The Kier molecular flexibility index (Phi) is 6.43. The summed E-state index contributed by atoms with van der Waals surface area (Å²) >= 11 is 0. The van der Waals surface area contributed by atoms with Gasteiger partial charge in [-0.25, -0.2) is 4.98 Å². The van der Waals surface area contributed by atoms with Crippen LogP contribution in [0.5, 0.6) is 0 Å². The molecule has 0 bridgehead atoms. The minimum absolute atomic E-state index is 0.502. The topological polar surface area (TPSA) is 16.1 Å². The highest BCUT2D eigenvalue weighted by atomic mass is 15.2. The van der Waals surface area contributed by atoms with Gasteiger partial charge in [-0.3, -0.25) is 0 Å². The highest BCUT2D eigenvalue weighted by Crippen LogP contribution is 2.64. The van der Waals surface area contributed by atoms with E-state index in [9.17, 15) is 0 Å². The van der Waals surface area contributed by atoms with Gasteiger partial charge in [-0.2, -0.15) is 0 Å². The maximum atomic E-state index is 5.21. The lowest BCUT2D eigenvalue weighted by Gasteiger charge is -2.45. The van der Waals surface area contributed by atoms with E-state index in [1.807, 2.05) is 0 Å². The van der Waals surface area contributed by atoms with Gasteiger partial charge in [0.2, 0.25) is 0 Å². The predicted molar refractivity (Wildman–Crippen MR) is 206 cm³/mol. The lowest BCUT2D eigenvalue weighted by atomic mass is 9.64. The number of hydrogen-bond acceptors (Lipinski definition) is 2. The summed E-state index contributed by atoms with van der Waals surface area (Å²) in [6, 6.07) is 70.3. The zero-order valence-electron chi connectivity index (χ0n) is 27.4. The van der Waals surface area contributed by atoms with Crippen LogP contribution in [0.1, 0.15) is 22.3 Å². The summed E-state index contributed by atoms with van der Waals surface area (Å²) in [5, 5.41) is 0. The van der Waals surface area contributed by atoms with Gasteiger partial charge in [-0.1, -0.05) is 158 Å². The number of rotatable bonds is 4. The Bertz CT molecular complexity index is 2430. The smallest absolute Gasteiger partial charge is 0.0754 e. The van der Waals surface area contributed by atoms with Gasteiger partial charge in [0, 0.05) is 16.8 Å². The first kappa shape index (κ1) is 28.5. The Balaban J connectivity index is 1.28. The molecule has 0 atom stereocenters. The summed E-state index contributed by atoms with van der Waals surface area (Å²) in [4.78, 5) is 7.64. The Morgan fingerprint density at radius 2 is 0.820 bits per heavy atom.